The van der Waals surface area contributed by atoms with Crippen LogP contribution in [-0.2, 0) is 23.0 Å². The number of nitrogen functional groups attached to an aromatic ring is 1. The highest BCUT2D eigenvalue weighted by molar-refractivity contribution is 7.92. The second-order valence-corrected chi connectivity index (χ2v) is 11.3. The molecule has 1 fully saturated rings. The quantitative estimate of drug-likeness (QED) is 0.320. The van der Waals surface area contributed by atoms with E-state index in [1.54, 1.807) is 11.2 Å². The summed E-state index contributed by atoms with van der Waals surface area (Å²) in [5.41, 5.74) is 10.4. The molecule has 0 bridgehead atoms. The molecular formula is C26H33Cl2N5O2S. The van der Waals surface area contributed by atoms with Crippen molar-refractivity contribution in [2.24, 2.45) is 5.73 Å². The number of benzene rings is 3. The molecule has 1 unspecified atom stereocenters. The largest absolute Gasteiger partial charge is 0.384 e. The van der Waals surface area contributed by atoms with Gasteiger partial charge >= 0.3 is 0 Å². The van der Waals surface area contributed by atoms with Gasteiger partial charge in [-0.05, 0) is 52.6 Å². The van der Waals surface area contributed by atoms with E-state index in [-0.39, 0.29) is 42.4 Å². The molecule has 0 aromatic heterocycles. The second-order valence-electron chi connectivity index (χ2n) is 9.14. The molecule has 194 valence electrons. The summed E-state index contributed by atoms with van der Waals surface area (Å²) in [5, 5.41) is 13.1. The van der Waals surface area contributed by atoms with E-state index in [0.29, 0.717) is 12.0 Å². The molecule has 5 rings (SSSR count). The third-order valence-electron chi connectivity index (χ3n) is 6.92. The van der Waals surface area contributed by atoms with Crippen molar-refractivity contribution in [3.63, 3.8) is 0 Å². The summed E-state index contributed by atoms with van der Waals surface area (Å²) in [7, 11) is -3.46. The number of fused-ring (bicyclic) bond motifs is 2. The number of sulfonamides is 1. The minimum atomic E-state index is -3.46. The van der Waals surface area contributed by atoms with Gasteiger partial charge in [0.25, 0.3) is 0 Å². The van der Waals surface area contributed by atoms with Crippen LogP contribution in [0.1, 0.15) is 35.2 Å². The van der Waals surface area contributed by atoms with Gasteiger partial charge in [-0.1, -0.05) is 36.4 Å². The van der Waals surface area contributed by atoms with Gasteiger partial charge in [0.15, 0.2) is 0 Å². The Labute approximate surface area is 225 Å². The summed E-state index contributed by atoms with van der Waals surface area (Å²) in [5.74, 6) is 0.0702. The molecule has 2 heterocycles. The van der Waals surface area contributed by atoms with Crippen LogP contribution in [0.15, 0.2) is 54.6 Å². The number of hydrogen-bond acceptors (Lipinski definition) is 5. The van der Waals surface area contributed by atoms with Gasteiger partial charge < -0.3 is 11.1 Å². The van der Waals surface area contributed by atoms with Crippen LogP contribution in [0.4, 0.5) is 5.69 Å². The first-order valence-corrected chi connectivity index (χ1v) is 13.4. The lowest BCUT2D eigenvalue weighted by Gasteiger charge is -2.28. The smallest absolute Gasteiger partial charge is 0.235 e. The first-order valence-electron chi connectivity index (χ1n) is 11.8. The molecule has 1 atom stereocenters. The van der Waals surface area contributed by atoms with E-state index in [4.69, 9.17) is 11.1 Å². The van der Waals surface area contributed by atoms with Crippen LogP contribution < -0.4 is 15.4 Å². The molecule has 2 aliphatic rings. The second kappa shape index (κ2) is 11.4. The zero-order valence-corrected chi connectivity index (χ0v) is 22.7. The summed E-state index contributed by atoms with van der Waals surface area (Å²) < 4.78 is 28.1. The van der Waals surface area contributed by atoms with Crippen molar-refractivity contribution in [1.29, 1.82) is 5.41 Å². The van der Waals surface area contributed by atoms with Gasteiger partial charge in [0.2, 0.25) is 10.0 Å². The molecule has 10 heteroatoms. The maximum absolute atomic E-state index is 13.2. The molecule has 0 radical (unpaired) electrons. The first kappa shape index (κ1) is 28.2. The molecule has 7 nitrogen and oxygen atoms in total. The topological polar surface area (TPSA) is 103 Å². The first-order chi connectivity index (χ1) is 16.4. The molecule has 3 aromatic rings. The van der Waals surface area contributed by atoms with Crippen molar-refractivity contribution < 1.29 is 8.42 Å². The lowest BCUT2D eigenvalue weighted by atomic mass is 9.98. The van der Waals surface area contributed by atoms with Crippen molar-refractivity contribution in [3.05, 3.63) is 76.9 Å². The number of nitrogens with two attached hydrogens (primary N) is 1. The van der Waals surface area contributed by atoms with Crippen LogP contribution in [0.3, 0.4) is 0 Å². The Morgan fingerprint density at radius 2 is 1.75 bits per heavy atom. The fraction of sp³-hybridized carbons (Fsp3) is 0.346. The van der Waals surface area contributed by atoms with E-state index in [2.05, 4.69) is 22.3 Å². The van der Waals surface area contributed by atoms with Gasteiger partial charge in [-0.3, -0.25) is 14.6 Å². The number of nitrogens with zero attached hydrogens (tertiary/aromatic N) is 2. The molecule has 36 heavy (non-hydrogen) atoms. The minimum Gasteiger partial charge on any atom is -0.384 e. The van der Waals surface area contributed by atoms with Crippen LogP contribution in [0, 0.1) is 5.41 Å². The van der Waals surface area contributed by atoms with Crippen molar-refractivity contribution in [2.45, 2.75) is 25.9 Å². The molecule has 4 N–H and O–H groups in total. The molecule has 0 spiro atoms. The molecule has 1 saturated heterocycles. The van der Waals surface area contributed by atoms with Gasteiger partial charge in [0.05, 0.1) is 17.5 Å². The summed E-state index contributed by atoms with van der Waals surface area (Å²) in [6.45, 7) is 6.63. The lowest BCUT2D eigenvalue weighted by Crippen LogP contribution is -2.42. The number of nitrogens with one attached hydrogen (secondary N) is 2. The fourth-order valence-corrected chi connectivity index (χ4v) is 6.42. The van der Waals surface area contributed by atoms with Crippen LogP contribution in [-0.4, -0.2) is 51.1 Å². The Morgan fingerprint density at radius 1 is 1.03 bits per heavy atom. The summed E-state index contributed by atoms with van der Waals surface area (Å²) in [4.78, 5) is 2.43. The third kappa shape index (κ3) is 5.48. The fourth-order valence-electron chi connectivity index (χ4n) is 5.08. The Balaban J connectivity index is 0.00000180. The average molecular weight is 551 g/mol. The number of piperazine rings is 1. The van der Waals surface area contributed by atoms with E-state index >= 15 is 0 Å². The van der Waals surface area contributed by atoms with Gasteiger partial charge in [-0.15, -0.1) is 24.8 Å². The number of rotatable bonds is 6. The Bertz CT molecular complexity index is 1360. The van der Waals surface area contributed by atoms with Gasteiger partial charge in [0, 0.05) is 44.7 Å². The molecule has 0 aliphatic carbocycles. The Hall–Kier alpha value is -2.36. The van der Waals surface area contributed by atoms with Gasteiger partial charge in [0.1, 0.15) is 5.84 Å². The maximum atomic E-state index is 13.2. The number of anilines is 1. The standard InChI is InChI=1S/C26H31N5O2S.2ClH/c1-2-34(32,33)31-24-8-3-18(17-30-11-9-29-10-12-30)13-23(24)16-25(31)20-6-4-19-5-7-21(26(27)28)15-22(19)14-20;;/h3-8,13-15,25,29H,2,9-12,16-17H2,1H3,(H3,27,28);2*1H. The summed E-state index contributed by atoms with van der Waals surface area (Å²) >= 11 is 0. The third-order valence-corrected chi connectivity index (χ3v) is 8.70. The highest BCUT2D eigenvalue weighted by Gasteiger charge is 2.37. The predicted octanol–water partition coefficient (Wildman–Crippen LogP) is 3.83. The molecular weight excluding hydrogens is 517 g/mol. The van der Waals surface area contributed by atoms with Gasteiger partial charge in [-0.25, -0.2) is 8.42 Å². The van der Waals surface area contributed by atoms with Crippen LogP contribution in [0.5, 0.6) is 0 Å². The SMILES string of the molecule is CCS(=O)(=O)N1c2ccc(CN3CCNCC3)cc2CC1c1ccc2ccc(C(=N)N)cc2c1.Cl.Cl. The highest BCUT2D eigenvalue weighted by atomic mass is 35.5. The Kier molecular flexibility index (Phi) is 8.90. The monoisotopic (exact) mass is 549 g/mol. The minimum absolute atomic E-state index is 0. The van der Waals surface area contributed by atoms with Crippen molar-refractivity contribution in [1.82, 2.24) is 10.2 Å². The Morgan fingerprint density at radius 3 is 2.44 bits per heavy atom. The predicted molar refractivity (Wildman–Crippen MR) is 152 cm³/mol. The van der Waals surface area contributed by atoms with Gasteiger partial charge in [-0.2, -0.15) is 0 Å². The normalized spacial score (nSPS) is 17.8. The zero-order valence-electron chi connectivity index (χ0n) is 20.2. The molecule has 0 amide bonds. The number of halogens is 2. The highest BCUT2D eigenvalue weighted by Crippen LogP contribution is 2.43. The van der Waals surface area contributed by atoms with Crippen molar-refractivity contribution in [3.8, 4) is 0 Å². The van der Waals surface area contributed by atoms with E-state index in [1.807, 2.05) is 42.5 Å². The summed E-state index contributed by atoms with van der Waals surface area (Å²) in [6.07, 6.45) is 0.641. The van der Waals surface area contributed by atoms with E-state index in [1.165, 1.54) is 5.56 Å². The van der Waals surface area contributed by atoms with E-state index < -0.39 is 10.0 Å². The van der Waals surface area contributed by atoms with Crippen LogP contribution >= 0.6 is 24.8 Å². The summed E-state index contributed by atoms with van der Waals surface area (Å²) in [6, 6.07) is 17.7. The van der Waals surface area contributed by atoms with Crippen LogP contribution in [0.2, 0.25) is 0 Å². The lowest BCUT2D eigenvalue weighted by molar-refractivity contribution is 0.233. The van der Waals surface area contributed by atoms with Crippen molar-refractivity contribution >= 4 is 57.1 Å². The van der Waals surface area contributed by atoms with Crippen molar-refractivity contribution in [2.75, 3.05) is 36.2 Å². The van der Waals surface area contributed by atoms with E-state index in [9.17, 15) is 8.42 Å². The molecule has 2 aliphatic heterocycles. The number of hydrogen-bond donors (Lipinski definition) is 3. The maximum Gasteiger partial charge on any atom is 0.235 e. The molecule has 0 saturated carbocycles. The molecule has 3 aromatic carbocycles. The average Bonchev–Trinajstić information content (AvgIpc) is 3.23. The van der Waals surface area contributed by atoms with E-state index in [0.717, 1.165) is 60.3 Å². The number of amidine groups is 1. The van der Waals surface area contributed by atoms with Crippen LogP contribution in [0.25, 0.3) is 10.8 Å². The zero-order chi connectivity index (χ0) is 23.9.